The summed E-state index contributed by atoms with van der Waals surface area (Å²) in [5.74, 6) is 1.43. The van der Waals surface area contributed by atoms with Crippen LogP contribution in [0.3, 0.4) is 0 Å². The molecule has 2 nitrogen and oxygen atoms in total. The minimum absolute atomic E-state index is 0.0176. The molecule has 1 saturated carbocycles. The van der Waals surface area contributed by atoms with Gasteiger partial charge in [-0.15, -0.1) is 23.5 Å². The maximum absolute atomic E-state index is 13.2. The van der Waals surface area contributed by atoms with Gasteiger partial charge in [0.05, 0.1) is 10.00 Å². The lowest BCUT2D eigenvalue weighted by Crippen LogP contribution is -2.51. The third-order valence-corrected chi connectivity index (χ3v) is 9.64. The van der Waals surface area contributed by atoms with Crippen LogP contribution in [0.15, 0.2) is 33.6 Å². The normalized spacial score (nSPS) is 36.8. The van der Waals surface area contributed by atoms with Crippen LogP contribution in [0.4, 0.5) is 0 Å². The van der Waals surface area contributed by atoms with Gasteiger partial charge in [-0.25, -0.2) is 0 Å². The Labute approximate surface area is 161 Å². The van der Waals surface area contributed by atoms with Gasteiger partial charge in [0.1, 0.15) is 17.6 Å². The fraction of sp³-hybridized carbons (Fsp3) is 0.611. The van der Waals surface area contributed by atoms with Crippen molar-refractivity contribution in [2.75, 3.05) is 12.5 Å². The lowest BCUT2D eigenvalue weighted by molar-refractivity contribution is -0.127. The van der Waals surface area contributed by atoms with E-state index in [4.69, 9.17) is 4.74 Å². The van der Waals surface area contributed by atoms with E-state index in [0.717, 1.165) is 35.0 Å². The Bertz CT molecular complexity index is 592. The fourth-order valence-corrected chi connectivity index (χ4v) is 7.24. The number of rotatable bonds is 2. The van der Waals surface area contributed by atoms with Crippen molar-refractivity contribution in [3.8, 4) is 0 Å². The molecule has 0 aromatic heterocycles. The van der Waals surface area contributed by atoms with Crippen molar-refractivity contribution >= 4 is 51.9 Å². The van der Waals surface area contributed by atoms with Crippen LogP contribution in [0.5, 0.6) is 0 Å². The molecule has 1 saturated heterocycles. The van der Waals surface area contributed by atoms with Crippen LogP contribution in [0.1, 0.15) is 32.1 Å². The van der Waals surface area contributed by atoms with Gasteiger partial charge < -0.3 is 4.74 Å². The second kappa shape index (κ2) is 6.79. The molecular weight excluding hydrogens is 439 g/mol. The van der Waals surface area contributed by atoms with Crippen molar-refractivity contribution in [1.82, 2.24) is 0 Å². The molecule has 0 amide bonds. The lowest BCUT2D eigenvalue weighted by Gasteiger charge is -2.50. The number of hydrogen-bond donors (Lipinski definition) is 0. The molecule has 0 aromatic carbocycles. The van der Waals surface area contributed by atoms with E-state index in [-0.39, 0.29) is 22.0 Å². The Morgan fingerprint density at radius 1 is 1.26 bits per heavy atom. The van der Waals surface area contributed by atoms with Gasteiger partial charge in [0.2, 0.25) is 0 Å². The quantitative estimate of drug-likeness (QED) is 0.314. The third kappa shape index (κ3) is 3.06. The molecule has 2 bridgehead atoms. The maximum Gasteiger partial charge on any atom is 0.143 e. The van der Waals surface area contributed by atoms with Gasteiger partial charge in [0.15, 0.2) is 0 Å². The van der Waals surface area contributed by atoms with Crippen LogP contribution in [0.2, 0.25) is 0 Å². The molecule has 3 atom stereocenters. The first kappa shape index (κ1) is 17.9. The van der Waals surface area contributed by atoms with E-state index in [9.17, 15) is 4.79 Å². The standard InChI is InChI=1S/C18H23IO2S2/c1-10-7-14-12(19)9-13(20)17-16(15(8-10)21-14)11(2)5-6-18(17,22-3)23-4/h15-17H,1-2,5-9H2,3-4H3/b14-12+/t15-,16-,17-/m1/s1. The van der Waals surface area contributed by atoms with E-state index in [1.165, 1.54) is 11.1 Å². The summed E-state index contributed by atoms with van der Waals surface area (Å²) >= 11 is 5.97. The largest absolute Gasteiger partial charge is 0.493 e. The van der Waals surface area contributed by atoms with E-state index in [1.807, 2.05) is 23.5 Å². The van der Waals surface area contributed by atoms with Crippen molar-refractivity contribution in [2.45, 2.75) is 42.3 Å². The molecule has 126 valence electrons. The first-order valence-corrected chi connectivity index (χ1v) is 11.5. The molecule has 23 heavy (non-hydrogen) atoms. The summed E-state index contributed by atoms with van der Waals surface area (Å²) in [5, 5.41) is 0. The molecule has 0 N–H and O–H groups in total. The molecule has 2 fully saturated rings. The van der Waals surface area contributed by atoms with E-state index < -0.39 is 0 Å². The zero-order valence-electron chi connectivity index (χ0n) is 13.7. The topological polar surface area (TPSA) is 26.3 Å². The minimum Gasteiger partial charge on any atom is -0.493 e. The second-order valence-electron chi connectivity index (χ2n) is 6.64. The molecule has 0 radical (unpaired) electrons. The Balaban J connectivity index is 2.11. The number of allylic oxidation sites excluding steroid dienone is 2. The van der Waals surface area contributed by atoms with Crippen molar-refractivity contribution in [3.05, 3.63) is 33.6 Å². The van der Waals surface area contributed by atoms with Crippen LogP contribution in [-0.4, -0.2) is 28.5 Å². The van der Waals surface area contributed by atoms with Crippen LogP contribution in [-0.2, 0) is 9.53 Å². The highest BCUT2D eigenvalue weighted by Crippen LogP contribution is 2.57. The number of carbonyl (C=O) groups excluding carboxylic acids is 1. The Morgan fingerprint density at radius 3 is 2.61 bits per heavy atom. The zero-order chi connectivity index (χ0) is 16.8. The van der Waals surface area contributed by atoms with Gasteiger partial charge in [-0.2, -0.15) is 0 Å². The molecular formula is C18H23IO2S2. The molecule has 1 aliphatic carbocycles. The highest BCUT2D eigenvalue weighted by atomic mass is 127. The Kier molecular flexibility index (Phi) is 5.29. The predicted molar refractivity (Wildman–Crippen MR) is 109 cm³/mol. The van der Waals surface area contributed by atoms with Gasteiger partial charge in [-0.3, -0.25) is 4.79 Å². The van der Waals surface area contributed by atoms with Gasteiger partial charge >= 0.3 is 0 Å². The predicted octanol–water partition coefficient (Wildman–Crippen LogP) is 5.35. The molecule has 0 aromatic rings. The number of Topliss-reactive ketones (excluding diaryl/α,β-unsaturated/α-hetero) is 1. The number of carbonyl (C=O) groups is 1. The molecule has 2 heterocycles. The number of fused-ring (bicyclic) bond motifs is 4. The Morgan fingerprint density at radius 2 is 1.96 bits per heavy atom. The van der Waals surface area contributed by atoms with Crippen molar-refractivity contribution < 1.29 is 9.53 Å². The molecule has 5 heteroatoms. The van der Waals surface area contributed by atoms with Gasteiger partial charge in [0, 0.05) is 28.8 Å². The smallest absolute Gasteiger partial charge is 0.143 e. The molecule has 0 unspecified atom stereocenters. The summed E-state index contributed by atoms with van der Waals surface area (Å²) in [6.07, 6.45) is 8.42. The molecule has 0 spiro atoms. The SMILES string of the molecule is C=C1C/C2=C(\I)CC(=O)[C@@H]3[C@H](C(=C)CCC3(SC)SC)[C@@H](C1)O2. The number of halogens is 1. The van der Waals surface area contributed by atoms with Crippen molar-refractivity contribution in [2.24, 2.45) is 11.8 Å². The fourth-order valence-electron chi connectivity index (χ4n) is 4.20. The van der Waals surface area contributed by atoms with E-state index in [0.29, 0.717) is 12.2 Å². The second-order valence-corrected chi connectivity index (χ2v) is 10.5. The maximum atomic E-state index is 13.2. The van der Waals surface area contributed by atoms with E-state index >= 15 is 0 Å². The number of thioether (sulfide) groups is 2. The first-order valence-electron chi connectivity index (χ1n) is 7.93. The molecule has 2 aliphatic heterocycles. The van der Waals surface area contributed by atoms with Gasteiger partial charge in [0.25, 0.3) is 0 Å². The summed E-state index contributed by atoms with van der Waals surface area (Å²) in [4.78, 5) is 13.2. The van der Waals surface area contributed by atoms with E-state index in [1.54, 1.807) is 0 Å². The van der Waals surface area contributed by atoms with Crippen LogP contribution < -0.4 is 0 Å². The van der Waals surface area contributed by atoms with E-state index in [2.05, 4.69) is 48.3 Å². The number of ketones is 1. The molecule has 3 aliphatic rings. The van der Waals surface area contributed by atoms with Gasteiger partial charge in [-0.1, -0.05) is 24.3 Å². The highest BCUT2D eigenvalue weighted by molar-refractivity contribution is 14.1. The van der Waals surface area contributed by atoms with Crippen LogP contribution in [0.25, 0.3) is 0 Å². The van der Waals surface area contributed by atoms with Crippen molar-refractivity contribution in [1.29, 1.82) is 0 Å². The zero-order valence-corrected chi connectivity index (χ0v) is 17.5. The molecule has 3 rings (SSSR count). The average Bonchev–Trinajstić information content (AvgIpc) is 2.53. The summed E-state index contributed by atoms with van der Waals surface area (Å²) < 4.78 is 7.36. The first-order chi connectivity index (χ1) is 10.9. The van der Waals surface area contributed by atoms with Crippen LogP contribution in [0, 0.1) is 11.8 Å². The lowest BCUT2D eigenvalue weighted by atomic mass is 9.68. The Hall–Kier alpha value is 0.120. The summed E-state index contributed by atoms with van der Waals surface area (Å²) in [5.41, 5.74) is 2.41. The monoisotopic (exact) mass is 462 g/mol. The van der Waals surface area contributed by atoms with Gasteiger partial charge in [-0.05, 0) is 47.9 Å². The third-order valence-electron chi connectivity index (χ3n) is 5.36. The number of ether oxygens (including phenoxy) is 1. The summed E-state index contributed by atoms with van der Waals surface area (Å²) in [6.45, 7) is 8.55. The average molecular weight is 462 g/mol. The summed E-state index contributed by atoms with van der Waals surface area (Å²) in [7, 11) is 0. The van der Waals surface area contributed by atoms with Crippen LogP contribution >= 0.6 is 46.1 Å². The highest BCUT2D eigenvalue weighted by Gasteiger charge is 2.54. The number of hydrogen-bond acceptors (Lipinski definition) is 4. The van der Waals surface area contributed by atoms with Crippen molar-refractivity contribution in [3.63, 3.8) is 0 Å². The minimum atomic E-state index is -0.0560. The summed E-state index contributed by atoms with van der Waals surface area (Å²) in [6, 6.07) is 0.